The molecule has 116 valence electrons. The molecule has 0 aromatic carbocycles. The number of rotatable bonds is 2. The number of carbonyl (C=O) groups excluding carboxylic acids is 1. The van der Waals surface area contributed by atoms with Crippen LogP contribution in [-0.4, -0.2) is 66.3 Å². The minimum atomic E-state index is 0.0491. The molecule has 1 aromatic rings. The van der Waals surface area contributed by atoms with E-state index in [2.05, 4.69) is 28.1 Å². The number of amides is 2. The first-order chi connectivity index (χ1) is 9.90. The SMILES string of the molecule is Cc1cc(N2CCCC(N(C)C(=O)N(C)C)C2)nnc1C. The van der Waals surface area contributed by atoms with Crippen molar-refractivity contribution in [2.45, 2.75) is 32.7 Å². The third kappa shape index (κ3) is 3.43. The lowest BCUT2D eigenvalue weighted by Crippen LogP contribution is -2.51. The van der Waals surface area contributed by atoms with E-state index in [4.69, 9.17) is 0 Å². The van der Waals surface area contributed by atoms with E-state index in [-0.39, 0.29) is 12.1 Å². The molecule has 1 saturated heterocycles. The molecule has 6 heteroatoms. The molecule has 0 N–H and O–H groups in total. The van der Waals surface area contributed by atoms with Crippen molar-refractivity contribution in [2.75, 3.05) is 39.1 Å². The van der Waals surface area contributed by atoms with E-state index in [0.29, 0.717) is 0 Å². The van der Waals surface area contributed by atoms with Gasteiger partial charge in [0.15, 0.2) is 5.82 Å². The zero-order valence-corrected chi connectivity index (χ0v) is 13.6. The Balaban J connectivity index is 2.10. The van der Waals surface area contributed by atoms with Gasteiger partial charge < -0.3 is 14.7 Å². The van der Waals surface area contributed by atoms with Crippen LogP contribution in [-0.2, 0) is 0 Å². The van der Waals surface area contributed by atoms with Crippen LogP contribution in [0, 0.1) is 13.8 Å². The quantitative estimate of drug-likeness (QED) is 0.832. The van der Waals surface area contributed by atoms with Crippen LogP contribution < -0.4 is 4.90 Å². The summed E-state index contributed by atoms with van der Waals surface area (Å²) >= 11 is 0. The summed E-state index contributed by atoms with van der Waals surface area (Å²) in [4.78, 5) is 17.8. The fourth-order valence-electron chi connectivity index (χ4n) is 2.64. The molecule has 0 spiro atoms. The van der Waals surface area contributed by atoms with Gasteiger partial charge in [0, 0.05) is 34.2 Å². The highest BCUT2D eigenvalue weighted by atomic mass is 16.2. The highest BCUT2D eigenvalue weighted by Gasteiger charge is 2.27. The molecule has 0 bridgehead atoms. The van der Waals surface area contributed by atoms with Gasteiger partial charge in [0.2, 0.25) is 0 Å². The van der Waals surface area contributed by atoms with E-state index >= 15 is 0 Å². The fraction of sp³-hybridized carbons (Fsp3) is 0.667. The molecule has 1 aromatic heterocycles. The number of anilines is 1. The van der Waals surface area contributed by atoms with E-state index in [0.717, 1.165) is 43.0 Å². The molecular formula is C15H25N5O. The maximum atomic E-state index is 12.1. The Bertz CT molecular complexity index is 517. The van der Waals surface area contributed by atoms with Crippen LogP contribution in [0.3, 0.4) is 0 Å². The van der Waals surface area contributed by atoms with Crippen LogP contribution in [0.5, 0.6) is 0 Å². The van der Waals surface area contributed by atoms with Crippen molar-refractivity contribution in [3.8, 4) is 0 Å². The van der Waals surface area contributed by atoms with E-state index in [1.807, 2.05) is 18.9 Å². The zero-order chi connectivity index (χ0) is 15.6. The first kappa shape index (κ1) is 15.5. The molecule has 0 aliphatic carbocycles. The van der Waals surface area contributed by atoms with Gasteiger partial charge in [-0.2, -0.15) is 5.10 Å². The molecule has 2 heterocycles. The average molecular weight is 291 g/mol. The third-order valence-corrected chi connectivity index (χ3v) is 4.17. The van der Waals surface area contributed by atoms with Gasteiger partial charge in [-0.05, 0) is 38.3 Å². The van der Waals surface area contributed by atoms with Crippen molar-refractivity contribution >= 4 is 11.8 Å². The Kier molecular flexibility index (Phi) is 4.65. The van der Waals surface area contributed by atoms with Crippen molar-refractivity contribution in [3.05, 3.63) is 17.3 Å². The van der Waals surface area contributed by atoms with Gasteiger partial charge in [-0.1, -0.05) is 0 Å². The Morgan fingerprint density at radius 3 is 2.62 bits per heavy atom. The van der Waals surface area contributed by atoms with Gasteiger partial charge in [-0.25, -0.2) is 4.79 Å². The summed E-state index contributed by atoms with van der Waals surface area (Å²) in [5.74, 6) is 0.911. The molecule has 21 heavy (non-hydrogen) atoms. The number of hydrogen-bond donors (Lipinski definition) is 0. The molecule has 1 unspecified atom stereocenters. The Morgan fingerprint density at radius 2 is 2.00 bits per heavy atom. The van der Waals surface area contributed by atoms with Crippen molar-refractivity contribution in [3.63, 3.8) is 0 Å². The summed E-state index contributed by atoms with van der Waals surface area (Å²) in [6, 6.07) is 2.35. The van der Waals surface area contributed by atoms with E-state index in [1.165, 1.54) is 0 Å². The van der Waals surface area contributed by atoms with Crippen LogP contribution in [0.15, 0.2) is 6.07 Å². The Morgan fingerprint density at radius 1 is 1.29 bits per heavy atom. The number of urea groups is 1. The van der Waals surface area contributed by atoms with Crippen molar-refractivity contribution in [1.82, 2.24) is 20.0 Å². The number of likely N-dealkylation sites (N-methyl/N-ethyl adjacent to an activating group) is 1. The highest BCUT2D eigenvalue weighted by Crippen LogP contribution is 2.21. The molecule has 0 radical (unpaired) electrons. The minimum absolute atomic E-state index is 0.0491. The number of carbonyl (C=O) groups is 1. The standard InChI is InChI=1S/C15H25N5O/c1-11-9-14(17-16-12(11)2)20-8-6-7-13(10-20)19(5)15(21)18(3)4/h9,13H,6-8,10H2,1-5H3. The molecule has 1 aliphatic rings. The number of aromatic nitrogens is 2. The fourth-order valence-corrected chi connectivity index (χ4v) is 2.64. The topological polar surface area (TPSA) is 52.6 Å². The van der Waals surface area contributed by atoms with Gasteiger partial charge in [0.1, 0.15) is 0 Å². The Labute approximate surface area is 126 Å². The van der Waals surface area contributed by atoms with E-state index < -0.39 is 0 Å². The van der Waals surface area contributed by atoms with Crippen LogP contribution in [0.1, 0.15) is 24.1 Å². The molecule has 1 aliphatic heterocycles. The number of hydrogen-bond acceptors (Lipinski definition) is 4. The molecule has 1 atom stereocenters. The van der Waals surface area contributed by atoms with Gasteiger partial charge in [0.05, 0.1) is 11.7 Å². The van der Waals surface area contributed by atoms with Crippen LogP contribution >= 0.6 is 0 Å². The maximum Gasteiger partial charge on any atom is 0.319 e. The monoisotopic (exact) mass is 291 g/mol. The minimum Gasteiger partial charge on any atom is -0.353 e. The van der Waals surface area contributed by atoms with Gasteiger partial charge >= 0.3 is 6.03 Å². The lowest BCUT2D eigenvalue weighted by atomic mass is 10.0. The predicted octanol–water partition coefficient (Wildman–Crippen LogP) is 1.68. The second-order valence-corrected chi connectivity index (χ2v) is 6.00. The molecule has 2 rings (SSSR count). The summed E-state index contributed by atoms with van der Waals surface area (Å²) in [6.45, 7) is 5.80. The first-order valence-electron chi connectivity index (χ1n) is 7.40. The second-order valence-electron chi connectivity index (χ2n) is 6.00. The second kappa shape index (κ2) is 6.28. The van der Waals surface area contributed by atoms with Crippen molar-refractivity contribution < 1.29 is 4.79 Å². The maximum absolute atomic E-state index is 12.1. The summed E-state index contributed by atoms with van der Waals surface area (Å²) in [5.41, 5.74) is 2.12. The van der Waals surface area contributed by atoms with Gasteiger partial charge in [-0.15, -0.1) is 5.10 Å². The lowest BCUT2D eigenvalue weighted by molar-refractivity contribution is 0.157. The van der Waals surface area contributed by atoms with Crippen molar-refractivity contribution in [1.29, 1.82) is 0 Å². The highest BCUT2D eigenvalue weighted by molar-refractivity contribution is 5.74. The zero-order valence-electron chi connectivity index (χ0n) is 13.6. The smallest absolute Gasteiger partial charge is 0.319 e. The van der Waals surface area contributed by atoms with Crippen LogP contribution in [0.2, 0.25) is 0 Å². The van der Waals surface area contributed by atoms with E-state index in [1.54, 1.807) is 19.0 Å². The molecule has 0 saturated carbocycles. The normalized spacial score (nSPS) is 18.5. The number of piperidine rings is 1. The van der Waals surface area contributed by atoms with Crippen molar-refractivity contribution in [2.24, 2.45) is 0 Å². The van der Waals surface area contributed by atoms with Gasteiger partial charge in [0.25, 0.3) is 0 Å². The summed E-state index contributed by atoms with van der Waals surface area (Å²) in [6.07, 6.45) is 2.09. The Hall–Kier alpha value is -1.85. The average Bonchev–Trinajstić information content (AvgIpc) is 2.48. The van der Waals surface area contributed by atoms with Crippen LogP contribution in [0.4, 0.5) is 10.6 Å². The largest absolute Gasteiger partial charge is 0.353 e. The summed E-state index contributed by atoms with van der Waals surface area (Å²) in [5, 5.41) is 8.51. The molecule has 1 fully saturated rings. The summed E-state index contributed by atoms with van der Waals surface area (Å²) in [7, 11) is 5.45. The number of nitrogens with zero attached hydrogens (tertiary/aromatic N) is 5. The first-order valence-corrected chi connectivity index (χ1v) is 7.40. The predicted molar refractivity (Wildman–Crippen MR) is 83.6 cm³/mol. The molecule has 6 nitrogen and oxygen atoms in total. The molecule has 2 amide bonds. The number of aryl methyl sites for hydroxylation is 2. The van der Waals surface area contributed by atoms with E-state index in [9.17, 15) is 4.79 Å². The third-order valence-electron chi connectivity index (χ3n) is 4.17. The van der Waals surface area contributed by atoms with Crippen LogP contribution in [0.25, 0.3) is 0 Å². The lowest BCUT2D eigenvalue weighted by Gasteiger charge is -2.38. The summed E-state index contributed by atoms with van der Waals surface area (Å²) < 4.78 is 0. The van der Waals surface area contributed by atoms with Gasteiger partial charge in [-0.3, -0.25) is 0 Å². The molecular weight excluding hydrogens is 266 g/mol.